The van der Waals surface area contributed by atoms with Gasteiger partial charge in [-0.2, -0.15) is 0 Å². The van der Waals surface area contributed by atoms with Crippen molar-refractivity contribution in [3.05, 3.63) is 39.9 Å². The molecule has 0 radical (unpaired) electrons. The number of nitrogens with zero attached hydrogens (tertiary/aromatic N) is 2. The third-order valence-corrected chi connectivity index (χ3v) is 2.58. The molecule has 1 aromatic rings. The van der Waals surface area contributed by atoms with Gasteiger partial charge in [0.15, 0.2) is 0 Å². The third-order valence-electron chi connectivity index (χ3n) is 2.58. The second-order valence-corrected chi connectivity index (χ2v) is 3.79. The molecule has 18 heavy (non-hydrogen) atoms. The van der Waals surface area contributed by atoms with Crippen molar-refractivity contribution in [3.8, 4) is 0 Å². The second kappa shape index (κ2) is 4.82. The van der Waals surface area contributed by atoms with E-state index in [9.17, 15) is 19.7 Å². The van der Waals surface area contributed by atoms with Crippen molar-refractivity contribution in [2.24, 2.45) is 0 Å². The van der Waals surface area contributed by atoms with Gasteiger partial charge in [-0.3, -0.25) is 14.9 Å². The van der Waals surface area contributed by atoms with Crippen LogP contribution in [-0.4, -0.2) is 34.9 Å². The van der Waals surface area contributed by atoms with E-state index >= 15 is 0 Å². The maximum absolute atomic E-state index is 11.4. The molecule has 1 aliphatic heterocycles. The van der Waals surface area contributed by atoms with Gasteiger partial charge in [-0.25, -0.2) is 4.79 Å². The lowest BCUT2D eigenvalue weighted by Gasteiger charge is -2.25. The number of carbonyl (C=O) groups excluding carboxylic acids is 2. The van der Waals surface area contributed by atoms with Gasteiger partial charge in [0.2, 0.25) is 0 Å². The predicted octanol–water partition coefficient (Wildman–Crippen LogP) is 0.480. The molecule has 1 amide bonds. The van der Waals surface area contributed by atoms with E-state index in [1.165, 1.54) is 17.0 Å². The lowest BCUT2D eigenvalue weighted by molar-refractivity contribution is -0.384. The minimum Gasteiger partial charge on any atom is -0.457 e. The fourth-order valence-electron chi connectivity index (χ4n) is 1.64. The van der Waals surface area contributed by atoms with Crippen LogP contribution in [0.5, 0.6) is 0 Å². The molecule has 1 aromatic carbocycles. The topological polar surface area (TPSA) is 89.8 Å². The average Bonchev–Trinajstić information content (AvgIpc) is 2.36. The average molecular weight is 250 g/mol. The molecule has 0 unspecified atom stereocenters. The minimum absolute atomic E-state index is 0.0110. The monoisotopic (exact) mass is 250 g/mol. The van der Waals surface area contributed by atoms with Crippen LogP contribution < -0.4 is 0 Å². The van der Waals surface area contributed by atoms with Crippen molar-refractivity contribution in [1.82, 2.24) is 4.90 Å². The smallest absolute Gasteiger partial charge is 0.397 e. The molecule has 0 aromatic heterocycles. The number of amides is 1. The van der Waals surface area contributed by atoms with Gasteiger partial charge in [-0.15, -0.1) is 0 Å². The highest BCUT2D eigenvalue weighted by molar-refractivity contribution is 6.32. The van der Waals surface area contributed by atoms with Crippen molar-refractivity contribution in [2.45, 2.75) is 6.54 Å². The summed E-state index contributed by atoms with van der Waals surface area (Å²) in [5.41, 5.74) is 0.715. The zero-order chi connectivity index (χ0) is 13.1. The van der Waals surface area contributed by atoms with Gasteiger partial charge in [0.05, 0.1) is 11.5 Å². The summed E-state index contributed by atoms with van der Waals surface area (Å²) in [5.74, 6) is -1.54. The molecular weight excluding hydrogens is 240 g/mol. The number of morpholine rings is 1. The second-order valence-electron chi connectivity index (χ2n) is 3.79. The molecular formula is C11H10N2O5. The zero-order valence-corrected chi connectivity index (χ0v) is 9.37. The highest BCUT2D eigenvalue weighted by Crippen LogP contribution is 2.14. The Morgan fingerprint density at radius 3 is 2.56 bits per heavy atom. The van der Waals surface area contributed by atoms with Gasteiger partial charge in [0, 0.05) is 18.7 Å². The van der Waals surface area contributed by atoms with E-state index < -0.39 is 16.8 Å². The fourth-order valence-corrected chi connectivity index (χ4v) is 1.64. The van der Waals surface area contributed by atoms with Crippen LogP contribution in [0, 0.1) is 10.1 Å². The Bertz CT molecular complexity index is 497. The van der Waals surface area contributed by atoms with Crippen LogP contribution in [0.1, 0.15) is 5.56 Å². The van der Waals surface area contributed by atoms with Crippen molar-refractivity contribution in [3.63, 3.8) is 0 Å². The fraction of sp³-hybridized carbons (Fsp3) is 0.273. The van der Waals surface area contributed by atoms with E-state index in [1.54, 1.807) is 12.1 Å². The number of benzene rings is 1. The van der Waals surface area contributed by atoms with Crippen LogP contribution in [0.3, 0.4) is 0 Å². The number of hydrogen-bond acceptors (Lipinski definition) is 5. The molecule has 1 saturated heterocycles. The number of nitro benzene ring substituents is 1. The molecule has 0 spiro atoms. The SMILES string of the molecule is O=C1OCCN(Cc2ccc([N+](=O)[O-])cc2)C1=O. The first kappa shape index (κ1) is 12.0. The molecule has 0 saturated carbocycles. The van der Waals surface area contributed by atoms with Gasteiger partial charge < -0.3 is 9.64 Å². The van der Waals surface area contributed by atoms with Gasteiger partial charge >= 0.3 is 11.9 Å². The minimum atomic E-state index is -0.858. The standard InChI is InChI=1S/C11H10N2O5/c14-10-11(15)18-6-5-12(10)7-8-1-3-9(4-2-8)13(16)17/h1-4H,5-7H2. The number of rotatable bonds is 3. The maximum atomic E-state index is 11.4. The van der Waals surface area contributed by atoms with E-state index in [0.29, 0.717) is 6.54 Å². The summed E-state index contributed by atoms with van der Waals surface area (Å²) in [7, 11) is 0. The van der Waals surface area contributed by atoms with Crippen molar-refractivity contribution >= 4 is 17.6 Å². The number of carbonyl (C=O) groups is 2. The summed E-state index contributed by atoms with van der Waals surface area (Å²) in [6.07, 6.45) is 0. The first-order valence-electron chi connectivity index (χ1n) is 5.27. The van der Waals surface area contributed by atoms with E-state index in [1.807, 2.05) is 0 Å². The zero-order valence-electron chi connectivity index (χ0n) is 9.37. The highest BCUT2D eigenvalue weighted by atomic mass is 16.6. The molecule has 94 valence electrons. The van der Waals surface area contributed by atoms with Gasteiger partial charge in [-0.1, -0.05) is 12.1 Å². The summed E-state index contributed by atoms with van der Waals surface area (Å²) >= 11 is 0. The van der Waals surface area contributed by atoms with Gasteiger partial charge in [0.1, 0.15) is 6.61 Å². The number of esters is 1. The van der Waals surface area contributed by atoms with Crippen molar-refractivity contribution < 1.29 is 19.2 Å². The maximum Gasteiger partial charge on any atom is 0.397 e. The van der Waals surface area contributed by atoms with Crippen LogP contribution in [0.15, 0.2) is 24.3 Å². The molecule has 0 aliphatic carbocycles. The van der Waals surface area contributed by atoms with Gasteiger partial charge in [-0.05, 0) is 5.56 Å². The predicted molar refractivity (Wildman–Crippen MR) is 59.5 cm³/mol. The Morgan fingerprint density at radius 1 is 1.28 bits per heavy atom. The lowest BCUT2D eigenvalue weighted by atomic mass is 10.2. The molecule has 2 rings (SSSR count). The molecule has 0 bridgehead atoms. The van der Waals surface area contributed by atoms with E-state index in [-0.39, 0.29) is 18.8 Å². The van der Waals surface area contributed by atoms with Crippen LogP contribution in [0.2, 0.25) is 0 Å². The number of nitro groups is 1. The summed E-state index contributed by atoms with van der Waals surface area (Å²) in [4.78, 5) is 33.8. The largest absolute Gasteiger partial charge is 0.457 e. The lowest BCUT2D eigenvalue weighted by Crippen LogP contribution is -2.44. The molecule has 0 atom stereocenters. The number of hydrogen-bond donors (Lipinski definition) is 0. The van der Waals surface area contributed by atoms with Gasteiger partial charge in [0.25, 0.3) is 5.69 Å². The summed E-state index contributed by atoms with van der Waals surface area (Å²) in [5, 5.41) is 10.5. The third kappa shape index (κ3) is 2.45. The van der Waals surface area contributed by atoms with E-state index in [4.69, 9.17) is 0 Å². The Labute approximate surface area is 102 Å². The summed E-state index contributed by atoms with van der Waals surface area (Å²) in [6.45, 7) is 0.755. The Kier molecular flexibility index (Phi) is 3.22. The molecule has 7 heteroatoms. The first-order chi connectivity index (χ1) is 8.58. The van der Waals surface area contributed by atoms with E-state index in [2.05, 4.69) is 4.74 Å². The normalized spacial score (nSPS) is 15.4. The number of cyclic esters (lactones) is 1. The molecule has 1 aliphatic rings. The summed E-state index contributed by atoms with van der Waals surface area (Å²) < 4.78 is 4.59. The summed E-state index contributed by atoms with van der Waals surface area (Å²) in [6, 6.07) is 5.85. The van der Waals surface area contributed by atoms with Crippen molar-refractivity contribution in [2.75, 3.05) is 13.2 Å². The van der Waals surface area contributed by atoms with Crippen LogP contribution in [-0.2, 0) is 20.9 Å². The molecule has 0 N–H and O–H groups in total. The van der Waals surface area contributed by atoms with Crippen LogP contribution >= 0.6 is 0 Å². The van der Waals surface area contributed by atoms with Crippen molar-refractivity contribution in [1.29, 1.82) is 0 Å². The van der Waals surface area contributed by atoms with Crippen LogP contribution in [0.25, 0.3) is 0 Å². The molecule has 1 heterocycles. The Morgan fingerprint density at radius 2 is 1.94 bits per heavy atom. The Hall–Kier alpha value is -2.44. The molecule has 7 nitrogen and oxygen atoms in total. The molecule has 1 fully saturated rings. The quantitative estimate of drug-likeness (QED) is 0.337. The van der Waals surface area contributed by atoms with E-state index in [0.717, 1.165) is 5.56 Å². The first-order valence-corrected chi connectivity index (χ1v) is 5.27. The van der Waals surface area contributed by atoms with Crippen LogP contribution in [0.4, 0.5) is 5.69 Å². The number of non-ortho nitro benzene ring substituents is 1. The highest BCUT2D eigenvalue weighted by Gasteiger charge is 2.27. The Balaban J connectivity index is 2.07. The number of ether oxygens (including phenoxy) is 1.